The summed E-state index contributed by atoms with van der Waals surface area (Å²) in [6.45, 7) is 3.78. The van der Waals surface area contributed by atoms with Gasteiger partial charge in [0.2, 0.25) is 0 Å². The maximum Gasteiger partial charge on any atom is 0.192 e. The Balaban J connectivity index is 0.00000361. The fourth-order valence-electron chi connectivity index (χ4n) is 1.44. The quantitative estimate of drug-likeness (QED) is 0.348. The van der Waals surface area contributed by atoms with Crippen LogP contribution in [0.25, 0.3) is 0 Å². The maximum absolute atomic E-state index is 5.22. The van der Waals surface area contributed by atoms with Gasteiger partial charge >= 0.3 is 0 Å². The molecule has 0 aliphatic rings. The second-order valence-electron chi connectivity index (χ2n) is 4.13. The number of nitrogens with zero attached hydrogens (tertiary/aromatic N) is 3. The third-order valence-electron chi connectivity index (χ3n) is 2.35. The number of hydrogen-bond acceptors (Lipinski definition) is 3. The molecular weight excluding hydrogens is 365 g/mol. The molecule has 20 heavy (non-hydrogen) atoms. The zero-order chi connectivity index (χ0) is 14.1. The topological polar surface area (TPSA) is 52.6 Å². The molecule has 2 N–H and O–H groups in total. The van der Waals surface area contributed by atoms with Crippen LogP contribution in [0.4, 0.5) is 5.82 Å². The van der Waals surface area contributed by atoms with Gasteiger partial charge in [-0.15, -0.1) is 30.4 Å². The summed E-state index contributed by atoms with van der Waals surface area (Å²) in [7, 11) is 3.93. The largest absolute Gasteiger partial charge is 0.363 e. The van der Waals surface area contributed by atoms with Gasteiger partial charge in [-0.1, -0.05) is 12.0 Å². The van der Waals surface area contributed by atoms with Crippen molar-refractivity contribution < 1.29 is 0 Å². The van der Waals surface area contributed by atoms with Crippen LogP contribution in [0.3, 0.4) is 0 Å². The Morgan fingerprint density at radius 1 is 1.40 bits per heavy atom. The van der Waals surface area contributed by atoms with Gasteiger partial charge in [0.1, 0.15) is 5.82 Å². The second-order valence-corrected chi connectivity index (χ2v) is 4.13. The van der Waals surface area contributed by atoms with E-state index in [1.54, 1.807) is 0 Å². The molecule has 0 spiro atoms. The summed E-state index contributed by atoms with van der Waals surface area (Å²) < 4.78 is 0. The van der Waals surface area contributed by atoms with Crippen LogP contribution in [0.5, 0.6) is 0 Å². The van der Waals surface area contributed by atoms with E-state index in [9.17, 15) is 0 Å². The summed E-state index contributed by atoms with van der Waals surface area (Å²) in [5, 5.41) is 6.17. The average molecular weight is 387 g/mol. The number of halogens is 1. The summed E-state index contributed by atoms with van der Waals surface area (Å²) in [5.74, 6) is 4.16. The minimum Gasteiger partial charge on any atom is -0.363 e. The Morgan fingerprint density at radius 3 is 2.75 bits per heavy atom. The van der Waals surface area contributed by atoms with Gasteiger partial charge in [-0.25, -0.2) is 9.98 Å². The Bertz CT molecular complexity index is 465. The smallest absolute Gasteiger partial charge is 0.192 e. The number of anilines is 1. The van der Waals surface area contributed by atoms with Crippen LogP contribution in [0.15, 0.2) is 23.2 Å². The number of guanidine groups is 1. The lowest BCUT2D eigenvalue weighted by Gasteiger charge is -2.12. The molecule has 1 aromatic rings. The zero-order valence-corrected chi connectivity index (χ0v) is 14.5. The summed E-state index contributed by atoms with van der Waals surface area (Å²) >= 11 is 0. The molecular formula is C14H22IN5. The molecule has 1 heterocycles. The molecule has 0 fully saturated rings. The van der Waals surface area contributed by atoms with E-state index >= 15 is 0 Å². The van der Waals surface area contributed by atoms with E-state index in [-0.39, 0.29) is 24.0 Å². The van der Waals surface area contributed by atoms with Crippen molar-refractivity contribution >= 4 is 35.8 Å². The molecule has 1 rings (SSSR count). The first-order valence-corrected chi connectivity index (χ1v) is 6.26. The number of terminal acetylenes is 1. The molecule has 0 amide bonds. The minimum atomic E-state index is 0. The number of aromatic nitrogens is 1. The van der Waals surface area contributed by atoms with Gasteiger partial charge in [-0.2, -0.15) is 0 Å². The van der Waals surface area contributed by atoms with Crippen molar-refractivity contribution in [2.75, 3.05) is 32.1 Å². The van der Waals surface area contributed by atoms with Crippen molar-refractivity contribution in [1.82, 2.24) is 15.6 Å². The van der Waals surface area contributed by atoms with E-state index in [4.69, 9.17) is 6.42 Å². The first-order valence-electron chi connectivity index (χ1n) is 6.26. The molecule has 110 valence electrons. The second kappa shape index (κ2) is 10.3. The Hall–Kier alpha value is -1.49. The lowest BCUT2D eigenvalue weighted by atomic mass is 10.3. The molecule has 0 bridgehead atoms. The predicted molar refractivity (Wildman–Crippen MR) is 95.6 cm³/mol. The van der Waals surface area contributed by atoms with Gasteiger partial charge in [0.15, 0.2) is 5.96 Å². The highest BCUT2D eigenvalue weighted by atomic mass is 127. The third-order valence-corrected chi connectivity index (χ3v) is 2.35. The van der Waals surface area contributed by atoms with E-state index in [1.165, 1.54) is 0 Å². The monoisotopic (exact) mass is 387 g/mol. The fourth-order valence-corrected chi connectivity index (χ4v) is 1.44. The van der Waals surface area contributed by atoms with Crippen LogP contribution in [-0.4, -0.2) is 38.1 Å². The van der Waals surface area contributed by atoms with Gasteiger partial charge < -0.3 is 15.5 Å². The SMILES string of the molecule is C#CCNC(=NCc1cccc(N(C)C)n1)NCC.I. The zero-order valence-electron chi connectivity index (χ0n) is 12.2. The summed E-state index contributed by atoms with van der Waals surface area (Å²) in [4.78, 5) is 10.9. The van der Waals surface area contributed by atoms with Gasteiger partial charge in [-0.3, -0.25) is 0 Å². The molecule has 0 saturated heterocycles. The Morgan fingerprint density at radius 2 is 2.15 bits per heavy atom. The van der Waals surface area contributed by atoms with Crippen LogP contribution >= 0.6 is 24.0 Å². The molecule has 0 unspecified atom stereocenters. The lowest BCUT2D eigenvalue weighted by molar-refractivity contribution is 0.855. The number of hydrogen-bond donors (Lipinski definition) is 2. The van der Waals surface area contributed by atoms with Gasteiger partial charge in [0.25, 0.3) is 0 Å². The van der Waals surface area contributed by atoms with E-state index < -0.39 is 0 Å². The van der Waals surface area contributed by atoms with Crippen molar-refractivity contribution in [2.24, 2.45) is 4.99 Å². The average Bonchev–Trinajstić information content (AvgIpc) is 2.42. The number of pyridine rings is 1. The highest BCUT2D eigenvalue weighted by molar-refractivity contribution is 14.0. The minimum absolute atomic E-state index is 0. The van der Waals surface area contributed by atoms with Crippen molar-refractivity contribution in [2.45, 2.75) is 13.5 Å². The van der Waals surface area contributed by atoms with Crippen molar-refractivity contribution in [1.29, 1.82) is 0 Å². The van der Waals surface area contributed by atoms with E-state index in [0.29, 0.717) is 19.0 Å². The molecule has 0 aromatic carbocycles. The number of aliphatic imine (C=N–C) groups is 1. The molecule has 0 atom stereocenters. The standard InChI is InChI=1S/C14H21N5.HI/c1-5-10-16-14(15-6-2)17-11-12-8-7-9-13(18-12)19(3)4;/h1,7-9H,6,10-11H2,2-4H3,(H2,15,16,17);1H. The summed E-state index contributed by atoms with van der Waals surface area (Å²) in [6.07, 6.45) is 5.22. The third kappa shape index (κ3) is 6.61. The Labute approximate surface area is 138 Å². The van der Waals surface area contributed by atoms with Gasteiger partial charge in [0.05, 0.1) is 18.8 Å². The molecule has 1 aromatic heterocycles. The van der Waals surface area contributed by atoms with Crippen molar-refractivity contribution in [3.05, 3.63) is 23.9 Å². The molecule has 5 nitrogen and oxygen atoms in total. The highest BCUT2D eigenvalue weighted by Gasteiger charge is 2.00. The first-order chi connectivity index (χ1) is 9.17. The summed E-state index contributed by atoms with van der Waals surface area (Å²) in [6, 6.07) is 5.91. The molecule has 6 heteroatoms. The fraction of sp³-hybridized carbons (Fsp3) is 0.429. The highest BCUT2D eigenvalue weighted by Crippen LogP contribution is 2.08. The number of rotatable bonds is 5. The first kappa shape index (κ1) is 18.5. The van der Waals surface area contributed by atoms with Crippen LogP contribution in [-0.2, 0) is 6.54 Å². The van der Waals surface area contributed by atoms with E-state index in [2.05, 4.69) is 26.5 Å². The lowest BCUT2D eigenvalue weighted by Crippen LogP contribution is -2.37. The maximum atomic E-state index is 5.22. The van der Waals surface area contributed by atoms with Crippen LogP contribution in [0, 0.1) is 12.3 Å². The van der Waals surface area contributed by atoms with Gasteiger partial charge in [0, 0.05) is 20.6 Å². The van der Waals surface area contributed by atoms with E-state index in [1.807, 2.05) is 44.1 Å². The molecule has 0 saturated carbocycles. The van der Waals surface area contributed by atoms with Crippen LogP contribution in [0.1, 0.15) is 12.6 Å². The van der Waals surface area contributed by atoms with Crippen molar-refractivity contribution in [3.8, 4) is 12.3 Å². The molecule has 0 aliphatic carbocycles. The molecule has 0 aliphatic heterocycles. The van der Waals surface area contributed by atoms with Crippen molar-refractivity contribution in [3.63, 3.8) is 0 Å². The summed E-state index contributed by atoms with van der Waals surface area (Å²) in [5.41, 5.74) is 0.920. The molecule has 0 radical (unpaired) electrons. The predicted octanol–water partition coefficient (Wildman–Crippen LogP) is 1.45. The van der Waals surface area contributed by atoms with Crippen LogP contribution < -0.4 is 15.5 Å². The van der Waals surface area contributed by atoms with Gasteiger partial charge in [-0.05, 0) is 19.1 Å². The van der Waals surface area contributed by atoms with E-state index in [0.717, 1.165) is 18.1 Å². The number of nitrogens with one attached hydrogen (secondary N) is 2. The normalized spacial score (nSPS) is 10.2. The van der Waals surface area contributed by atoms with Crippen LogP contribution in [0.2, 0.25) is 0 Å². The Kier molecular flexibility index (Phi) is 9.55.